The number of fused-ring (bicyclic) bond motifs is 1. The first-order chi connectivity index (χ1) is 12.7. The molecule has 0 bridgehead atoms. The van der Waals surface area contributed by atoms with Crippen LogP contribution in [0.15, 0.2) is 53.2 Å². The van der Waals surface area contributed by atoms with E-state index in [0.717, 1.165) is 15.2 Å². The molecule has 0 unspecified atom stereocenters. The van der Waals surface area contributed by atoms with Crippen LogP contribution in [-0.2, 0) is 4.79 Å². The van der Waals surface area contributed by atoms with Crippen LogP contribution in [0.1, 0.15) is 15.6 Å². The number of carbonyl (C=O) groups is 2. The fraction of sp³-hybridized carbons (Fsp3) is 0.211. The normalized spacial score (nSPS) is 15.1. The zero-order chi connectivity index (χ0) is 17.9. The van der Waals surface area contributed by atoms with Crippen molar-refractivity contribution in [3.63, 3.8) is 0 Å². The lowest BCUT2D eigenvalue weighted by molar-refractivity contribution is -0.127. The average Bonchev–Trinajstić information content (AvgIpc) is 3.35. The molecule has 2 aromatic heterocycles. The highest BCUT2D eigenvalue weighted by Crippen LogP contribution is 2.22. The summed E-state index contributed by atoms with van der Waals surface area (Å²) in [4.78, 5) is 32.6. The average molecular weight is 367 g/mol. The second kappa shape index (κ2) is 7.13. The lowest BCUT2D eigenvalue weighted by Crippen LogP contribution is -2.50. The highest BCUT2D eigenvalue weighted by molar-refractivity contribution is 7.19. The van der Waals surface area contributed by atoms with E-state index in [-0.39, 0.29) is 11.8 Å². The molecule has 0 aliphatic carbocycles. The van der Waals surface area contributed by atoms with Crippen molar-refractivity contribution in [3.05, 3.63) is 59.5 Å². The zero-order valence-corrected chi connectivity index (χ0v) is 14.8. The Labute approximate surface area is 154 Å². The Hall–Kier alpha value is -2.93. The zero-order valence-electron chi connectivity index (χ0n) is 14.0. The third-order valence-corrected chi connectivity index (χ3v) is 5.29. The van der Waals surface area contributed by atoms with Crippen LogP contribution in [0, 0.1) is 0 Å². The molecule has 7 heteroatoms. The molecule has 1 aliphatic heterocycles. The van der Waals surface area contributed by atoms with E-state index < -0.39 is 0 Å². The van der Waals surface area contributed by atoms with Crippen molar-refractivity contribution < 1.29 is 14.0 Å². The highest BCUT2D eigenvalue weighted by atomic mass is 32.1. The summed E-state index contributed by atoms with van der Waals surface area (Å²) in [6, 6.07) is 11.2. The van der Waals surface area contributed by atoms with Gasteiger partial charge in [-0.05, 0) is 30.3 Å². The second-order valence-electron chi connectivity index (χ2n) is 5.95. The van der Waals surface area contributed by atoms with E-state index >= 15 is 0 Å². The SMILES string of the molecule is O=C(/C=C/c1nc2ccccc2s1)N1CCN(C(=O)c2ccco2)CC1. The van der Waals surface area contributed by atoms with Gasteiger partial charge in [0.25, 0.3) is 5.91 Å². The van der Waals surface area contributed by atoms with Gasteiger partial charge in [0.1, 0.15) is 5.01 Å². The van der Waals surface area contributed by atoms with Crippen LogP contribution in [0.3, 0.4) is 0 Å². The number of hydrogen-bond acceptors (Lipinski definition) is 5. The minimum atomic E-state index is -0.132. The monoisotopic (exact) mass is 367 g/mol. The third-order valence-electron chi connectivity index (χ3n) is 4.29. The number of rotatable bonds is 3. The fourth-order valence-electron chi connectivity index (χ4n) is 2.90. The van der Waals surface area contributed by atoms with Crippen molar-refractivity contribution >= 4 is 39.4 Å². The summed E-state index contributed by atoms with van der Waals surface area (Å²) in [6.45, 7) is 2.02. The van der Waals surface area contributed by atoms with Crippen molar-refractivity contribution in [2.75, 3.05) is 26.2 Å². The van der Waals surface area contributed by atoms with Crippen molar-refractivity contribution in [2.45, 2.75) is 0 Å². The molecule has 1 fully saturated rings. The van der Waals surface area contributed by atoms with Gasteiger partial charge in [-0.25, -0.2) is 4.98 Å². The smallest absolute Gasteiger partial charge is 0.289 e. The molecule has 2 amide bonds. The Morgan fingerprint density at radius 2 is 1.81 bits per heavy atom. The van der Waals surface area contributed by atoms with Gasteiger partial charge in [0.05, 0.1) is 16.5 Å². The fourth-order valence-corrected chi connectivity index (χ4v) is 3.77. The maximum absolute atomic E-state index is 12.4. The topological polar surface area (TPSA) is 66.7 Å². The minimum absolute atomic E-state index is 0.0608. The van der Waals surface area contributed by atoms with E-state index in [4.69, 9.17) is 4.42 Å². The van der Waals surface area contributed by atoms with Crippen molar-refractivity contribution in [2.24, 2.45) is 0 Å². The standard InChI is InChI=1S/C19H17N3O3S/c23-18(8-7-17-20-14-4-1-2-6-16(14)26-17)21-9-11-22(12-10-21)19(24)15-5-3-13-25-15/h1-8,13H,9-12H2/b8-7+. The number of thiazole rings is 1. The number of nitrogens with zero attached hydrogens (tertiary/aromatic N) is 3. The molecular formula is C19H17N3O3S. The van der Waals surface area contributed by atoms with Gasteiger partial charge in [0.2, 0.25) is 5.91 Å². The van der Waals surface area contributed by atoms with Crippen LogP contribution < -0.4 is 0 Å². The summed E-state index contributed by atoms with van der Waals surface area (Å²) in [5, 5.41) is 0.811. The van der Waals surface area contributed by atoms with E-state index in [1.807, 2.05) is 24.3 Å². The Morgan fingerprint density at radius 1 is 1.04 bits per heavy atom. The molecular weight excluding hydrogens is 350 g/mol. The molecule has 0 spiro atoms. The number of furan rings is 1. The predicted octanol–water partition coefficient (Wildman–Crippen LogP) is 2.89. The van der Waals surface area contributed by atoms with E-state index in [1.165, 1.54) is 6.26 Å². The van der Waals surface area contributed by atoms with Crippen LogP contribution in [0.25, 0.3) is 16.3 Å². The number of aromatic nitrogens is 1. The van der Waals surface area contributed by atoms with Crippen LogP contribution in [0.4, 0.5) is 0 Å². The number of carbonyl (C=O) groups excluding carboxylic acids is 2. The Kier molecular flexibility index (Phi) is 4.53. The summed E-state index contributed by atoms with van der Waals surface area (Å²) < 4.78 is 6.25. The van der Waals surface area contributed by atoms with Gasteiger partial charge in [-0.2, -0.15) is 0 Å². The van der Waals surface area contributed by atoms with Crippen molar-refractivity contribution in [1.82, 2.24) is 14.8 Å². The lowest BCUT2D eigenvalue weighted by Gasteiger charge is -2.33. The first-order valence-electron chi connectivity index (χ1n) is 8.36. The summed E-state index contributed by atoms with van der Waals surface area (Å²) in [5.74, 6) is 0.141. The van der Waals surface area contributed by atoms with Crippen LogP contribution in [0.2, 0.25) is 0 Å². The Balaban J connectivity index is 1.35. The Morgan fingerprint density at radius 3 is 2.54 bits per heavy atom. The van der Waals surface area contributed by atoms with Gasteiger partial charge in [0.15, 0.2) is 5.76 Å². The number of para-hydroxylation sites is 1. The van der Waals surface area contributed by atoms with E-state index in [1.54, 1.807) is 45.4 Å². The largest absolute Gasteiger partial charge is 0.459 e. The molecule has 3 aromatic rings. The van der Waals surface area contributed by atoms with Gasteiger partial charge in [-0.15, -0.1) is 11.3 Å². The maximum Gasteiger partial charge on any atom is 0.289 e. The van der Waals surface area contributed by atoms with Crippen LogP contribution in [0.5, 0.6) is 0 Å². The van der Waals surface area contributed by atoms with Gasteiger partial charge in [-0.1, -0.05) is 12.1 Å². The van der Waals surface area contributed by atoms with Crippen molar-refractivity contribution in [3.8, 4) is 0 Å². The predicted molar refractivity (Wildman–Crippen MR) is 99.8 cm³/mol. The van der Waals surface area contributed by atoms with Gasteiger partial charge < -0.3 is 14.2 Å². The van der Waals surface area contributed by atoms with E-state index in [0.29, 0.717) is 31.9 Å². The molecule has 1 aromatic carbocycles. The highest BCUT2D eigenvalue weighted by Gasteiger charge is 2.25. The van der Waals surface area contributed by atoms with E-state index in [2.05, 4.69) is 4.98 Å². The summed E-state index contributed by atoms with van der Waals surface area (Å²) in [5.41, 5.74) is 0.939. The molecule has 132 valence electrons. The molecule has 4 rings (SSSR count). The lowest BCUT2D eigenvalue weighted by atomic mass is 10.2. The second-order valence-corrected chi connectivity index (χ2v) is 7.01. The molecule has 0 atom stereocenters. The minimum Gasteiger partial charge on any atom is -0.459 e. The number of benzene rings is 1. The van der Waals surface area contributed by atoms with Gasteiger partial charge in [-0.3, -0.25) is 9.59 Å². The van der Waals surface area contributed by atoms with Crippen LogP contribution in [-0.4, -0.2) is 52.8 Å². The molecule has 0 saturated carbocycles. The maximum atomic E-state index is 12.4. The molecule has 0 N–H and O–H groups in total. The first-order valence-corrected chi connectivity index (χ1v) is 9.18. The molecule has 0 radical (unpaired) electrons. The van der Waals surface area contributed by atoms with Crippen molar-refractivity contribution in [1.29, 1.82) is 0 Å². The quantitative estimate of drug-likeness (QED) is 0.668. The van der Waals surface area contributed by atoms with Gasteiger partial charge in [0, 0.05) is 32.3 Å². The number of piperazine rings is 1. The molecule has 26 heavy (non-hydrogen) atoms. The third kappa shape index (κ3) is 3.39. The van der Waals surface area contributed by atoms with Gasteiger partial charge >= 0.3 is 0 Å². The number of hydrogen-bond donors (Lipinski definition) is 0. The summed E-state index contributed by atoms with van der Waals surface area (Å²) in [6.07, 6.45) is 4.80. The van der Waals surface area contributed by atoms with Crippen LogP contribution >= 0.6 is 11.3 Å². The molecule has 1 aliphatic rings. The van der Waals surface area contributed by atoms with E-state index in [9.17, 15) is 9.59 Å². The number of amides is 2. The summed E-state index contributed by atoms with van der Waals surface area (Å²) in [7, 11) is 0. The molecule has 3 heterocycles. The summed E-state index contributed by atoms with van der Waals surface area (Å²) >= 11 is 1.56. The Bertz CT molecular complexity index is 920. The first kappa shape index (κ1) is 16.5. The molecule has 6 nitrogen and oxygen atoms in total. The molecule has 1 saturated heterocycles.